The van der Waals surface area contributed by atoms with Gasteiger partial charge >= 0.3 is 0 Å². The largest absolute Gasteiger partial charge is 0.312 e. The molecular weight excluding hydrogens is 134 g/mol. The first kappa shape index (κ1) is 10.8. The van der Waals surface area contributed by atoms with Crippen LogP contribution < -0.4 is 5.32 Å². The van der Waals surface area contributed by atoms with Crippen molar-refractivity contribution in [3.63, 3.8) is 0 Å². The Bertz CT molecular complexity index is 67.3. The molecule has 1 nitrogen and oxygen atoms in total. The molecule has 0 rings (SSSR count). The van der Waals surface area contributed by atoms with Crippen LogP contribution >= 0.6 is 0 Å². The highest BCUT2D eigenvalue weighted by Crippen LogP contribution is 2.04. The van der Waals surface area contributed by atoms with Crippen LogP contribution in [0.25, 0.3) is 0 Å². The predicted octanol–water partition coefficient (Wildman–Crippen LogP) is 2.44. The second-order valence-corrected chi connectivity index (χ2v) is 2.96. The highest BCUT2D eigenvalue weighted by atomic mass is 14.8. The van der Waals surface area contributed by atoms with Crippen LogP contribution in [-0.2, 0) is 0 Å². The molecule has 0 spiro atoms. The van der Waals surface area contributed by atoms with Crippen molar-refractivity contribution in [1.29, 1.82) is 0 Å². The van der Waals surface area contributed by atoms with E-state index in [0.717, 1.165) is 18.9 Å². The maximum atomic E-state index is 3.68. The van der Waals surface area contributed by atoms with Gasteiger partial charge in [-0.1, -0.05) is 33.1 Å². The minimum atomic E-state index is 0.861. The Morgan fingerprint density at radius 2 is 2.00 bits per heavy atom. The van der Waals surface area contributed by atoms with Gasteiger partial charge in [-0.3, -0.25) is 0 Å². The molecule has 0 amide bonds. The van der Waals surface area contributed by atoms with E-state index in [-0.39, 0.29) is 0 Å². The van der Waals surface area contributed by atoms with Gasteiger partial charge in [0.15, 0.2) is 0 Å². The molecule has 0 saturated heterocycles. The Hall–Kier alpha value is -0.170. The van der Waals surface area contributed by atoms with E-state index in [4.69, 9.17) is 0 Å². The van der Waals surface area contributed by atoms with E-state index in [1.807, 2.05) is 6.42 Å². The SMILES string of the molecule is [CH2-][CH+]CCNCC(CC)CC. The van der Waals surface area contributed by atoms with Gasteiger partial charge in [0, 0.05) is 6.54 Å². The molecule has 1 N–H and O–H groups in total. The van der Waals surface area contributed by atoms with Crippen molar-refractivity contribution >= 4 is 0 Å². The lowest BCUT2D eigenvalue weighted by atomic mass is 10.0. The molecule has 0 atom stereocenters. The number of hydrogen-bond donors (Lipinski definition) is 1. The van der Waals surface area contributed by atoms with Gasteiger partial charge in [-0.25, -0.2) is 0 Å². The molecule has 0 aliphatic heterocycles. The van der Waals surface area contributed by atoms with Crippen LogP contribution in [0.3, 0.4) is 0 Å². The zero-order valence-corrected chi connectivity index (χ0v) is 7.90. The fourth-order valence-corrected chi connectivity index (χ4v) is 1.09. The van der Waals surface area contributed by atoms with Gasteiger partial charge in [0.05, 0.1) is 6.42 Å². The van der Waals surface area contributed by atoms with E-state index >= 15 is 0 Å². The van der Waals surface area contributed by atoms with Crippen molar-refractivity contribution in [3.05, 3.63) is 13.3 Å². The van der Waals surface area contributed by atoms with E-state index in [1.165, 1.54) is 19.4 Å². The second kappa shape index (κ2) is 7.93. The first-order chi connectivity index (χ1) is 5.35. The van der Waals surface area contributed by atoms with E-state index in [9.17, 15) is 0 Å². The summed E-state index contributed by atoms with van der Waals surface area (Å²) in [6.07, 6.45) is 5.62. The fraction of sp³-hybridized carbons (Fsp3) is 0.800. The zero-order chi connectivity index (χ0) is 8.53. The Morgan fingerprint density at radius 1 is 1.36 bits per heavy atom. The van der Waals surface area contributed by atoms with E-state index in [2.05, 4.69) is 26.1 Å². The number of rotatable bonds is 7. The summed E-state index contributed by atoms with van der Waals surface area (Å²) in [5.74, 6) is 0.861. The van der Waals surface area contributed by atoms with Crippen molar-refractivity contribution in [2.45, 2.75) is 33.1 Å². The zero-order valence-electron chi connectivity index (χ0n) is 7.90. The van der Waals surface area contributed by atoms with Gasteiger partial charge in [0.25, 0.3) is 0 Å². The Kier molecular flexibility index (Phi) is 7.81. The summed E-state index contributed by atoms with van der Waals surface area (Å²) in [6.45, 7) is 10.4. The number of unbranched alkanes of at least 4 members (excludes halogenated alkanes) is 1. The smallest absolute Gasteiger partial charge is 0.0694 e. The van der Waals surface area contributed by atoms with Crippen molar-refractivity contribution in [2.75, 3.05) is 13.1 Å². The normalized spacial score (nSPS) is 10.5. The number of hydrogen-bond acceptors (Lipinski definition) is 1. The molecule has 0 saturated carbocycles. The van der Waals surface area contributed by atoms with Crippen molar-refractivity contribution < 1.29 is 0 Å². The lowest BCUT2D eigenvalue weighted by Crippen LogP contribution is -2.23. The molecule has 0 bridgehead atoms. The molecular formula is C10H21N. The minimum Gasteiger partial charge on any atom is -0.312 e. The topological polar surface area (TPSA) is 12.0 Å². The molecule has 11 heavy (non-hydrogen) atoms. The highest BCUT2D eigenvalue weighted by Gasteiger charge is 2.01. The molecule has 66 valence electrons. The third kappa shape index (κ3) is 6.24. The van der Waals surface area contributed by atoms with Crippen LogP contribution in [0.1, 0.15) is 33.1 Å². The molecule has 0 aliphatic rings. The van der Waals surface area contributed by atoms with Crippen LogP contribution in [0.15, 0.2) is 0 Å². The van der Waals surface area contributed by atoms with Gasteiger partial charge < -0.3 is 5.32 Å². The van der Waals surface area contributed by atoms with Gasteiger partial charge in [0.2, 0.25) is 0 Å². The van der Waals surface area contributed by atoms with Crippen molar-refractivity contribution in [2.24, 2.45) is 5.92 Å². The first-order valence-electron chi connectivity index (χ1n) is 4.66. The Labute approximate surface area is 71.6 Å². The molecule has 0 aromatic carbocycles. The quantitative estimate of drug-likeness (QED) is 0.440. The molecule has 0 aliphatic carbocycles. The summed E-state index contributed by atoms with van der Waals surface area (Å²) in [4.78, 5) is 0. The fourth-order valence-electron chi connectivity index (χ4n) is 1.09. The molecule has 0 aromatic rings. The summed E-state index contributed by atoms with van der Waals surface area (Å²) >= 11 is 0. The Morgan fingerprint density at radius 3 is 2.45 bits per heavy atom. The molecule has 1 heteroatoms. The van der Waals surface area contributed by atoms with Crippen molar-refractivity contribution in [1.82, 2.24) is 5.32 Å². The average molecular weight is 155 g/mol. The molecule has 0 fully saturated rings. The van der Waals surface area contributed by atoms with Gasteiger partial charge in [-0.2, -0.15) is 0 Å². The number of nitrogens with one attached hydrogen (secondary N) is 1. The summed E-state index contributed by atoms with van der Waals surface area (Å²) in [5, 5.41) is 3.42. The third-order valence-electron chi connectivity index (χ3n) is 2.11. The lowest BCUT2D eigenvalue weighted by Gasteiger charge is -2.11. The van der Waals surface area contributed by atoms with Crippen LogP contribution in [0, 0.1) is 19.3 Å². The lowest BCUT2D eigenvalue weighted by molar-refractivity contribution is 0.452. The first-order valence-corrected chi connectivity index (χ1v) is 4.66. The van der Waals surface area contributed by atoms with Crippen LogP contribution in [0.5, 0.6) is 0 Å². The van der Waals surface area contributed by atoms with E-state index < -0.39 is 0 Å². The summed E-state index contributed by atoms with van der Waals surface area (Å²) < 4.78 is 0. The van der Waals surface area contributed by atoms with E-state index in [0.29, 0.717) is 0 Å². The summed E-state index contributed by atoms with van der Waals surface area (Å²) in [5.41, 5.74) is 0. The molecule has 0 aromatic heterocycles. The predicted molar refractivity (Wildman–Crippen MR) is 51.2 cm³/mol. The Balaban J connectivity index is 3.07. The van der Waals surface area contributed by atoms with Crippen molar-refractivity contribution in [3.8, 4) is 0 Å². The standard InChI is InChI=1S/C10H21N/c1-4-7-8-11-9-10(5-2)6-3/h4,10-11H,1,5-9H2,2-3H3. The van der Waals surface area contributed by atoms with Crippen LogP contribution in [-0.4, -0.2) is 13.1 Å². The maximum Gasteiger partial charge on any atom is 0.0694 e. The van der Waals surface area contributed by atoms with E-state index in [1.54, 1.807) is 0 Å². The van der Waals surface area contributed by atoms with Gasteiger partial charge in [-0.15, -0.1) is 6.92 Å². The minimum absolute atomic E-state index is 0.861. The summed E-state index contributed by atoms with van der Waals surface area (Å²) in [7, 11) is 0. The summed E-state index contributed by atoms with van der Waals surface area (Å²) in [6, 6.07) is 0. The van der Waals surface area contributed by atoms with Crippen LogP contribution in [0.4, 0.5) is 0 Å². The maximum absolute atomic E-state index is 3.68. The highest BCUT2D eigenvalue weighted by molar-refractivity contribution is 4.68. The van der Waals surface area contributed by atoms with Gasteiger partial charge in [0.1, 0.15) is 0 Å². The van der Waals surface area contributed by atoms with Crippen LogP contribution in [0.2, 0.25) is 0 Å². The second-order valence-electron chi connectivity index (χ2n) is 2.96. The molecule has 0 heterocycles. The monoisotopic (exact) mass is 155 g/mol. The third-order valence-corrected chi connectivity index (χ3v) is 2.11. The van der Waals surface area contributed by atoms with Gasteiger partial charge in [-0.05, 0) is 12.5 Å². The molecule has 0 unspecified atom stereocenters. The molecule has 0 radical (unpaired) electrons. The average Bonchev–Trinajstić information content (AvgIpc) is 2.05.